The predicted molar refractivity (Wildman–Crippen MR) is 178 cm³/mol. The van der Waals surface area contributed by atoms with Crippen molar-refractivity contribution in [3.05, 3.63) is 121 Å². The molecular formula is C40H27NO2. The molecule has 1 aliphatic carbocycles. The molecule has 204 valence electrons. The molecule has 3 aromatic heterocycles. The van der Waals surface area contributed by atoms with Crippen molar-refractivity contribution in [3.8, 4) is 22.3 Å². The minimum atomic E-state index is 0.854. The van der Waals surface area contributed by atoms with E-state index in [2.05, 4.69) is 108 Å². The number of nitrogens with one attached hydrogen (secondary N) is 1. The predicted octanol–water partition coefficient (Wildman–Crippen LogP) is 11.4. The zero-order valence-corrected chi connectivity index (χ0v) is 23.5. The summed E-state index contributed by atoms with van der Waals surface area (Å²) in [5, 5.41) is 7.05. The van der Waals surface area contributed by atoms with Crippen molar-refractivity contribution in [1.82, 2.24) is 4.98 Å². The van der Waals surface area contributed by atoms with Gasteiger partial charge in [0.05, 0.1) is 0 Å². The van der Waals surface area contributed by atoms with E-state index in [4.69, 9.17) is 8.83 Å². The molecule has 0 unspecified atom stereocenters. The maximum Gasteiger partial charge on any atom is 0.143 e. The molecule has 0 amide bonds. The lowest BCUT2D eigenvalue weighted by Crippen LogP contribution is -1.85. The van der Waals surface area contributed by atoms with Crippen LogP contribution in [0.4, 0.5) is 0 Å². The Hall–Kier alpha value is -5.28. The number of fused-ring (bicyclic) bond motifs is 9. The summed E-state index contributed by atoms with van der Waals surface area (Å²) in [7, 11) is 0. The number of para-hydroxylation sites is 3. The second-order valence-corrected chi connectivity index (χ2v) is 12.2. The SMILES string of the molecule is c1ccc2c(c1)oc1c(-c3ccc4[nH]c5ccc(-c6cccc7c6oc6cc(CC8CC8)ccc67)cc5c4c3)cccc12. The molecule has 3 heteroatoms. The monoisotopic (exact) mass is 553 g/mol. The molecule has 1 aliphatic rings. The van der Waals surface area contributed by atoms with Crippen molar-refractivity contribution < 1.29 is 8.83 Å². The Morgan fingerprint density at radius 1 is 0.512 bits per heavy atom. The third-order valence-corrected chi connectivity index (χ3v) is 9.41. The highest BCUT2D eigenvalue weighted by Crippen LogP contribution is 2.41. The first kappa shape index (κ1) is 23.3. The van der Waals surface area contributed by atoms with Crippen molar-refractivity contribution in [2.75, 3.05) is 0 Å². The molecule has 1 saturated carbocycles. The summed E-state index contributed by atoms with van der Waals surface area (Å²) >= 11 is 0. The first-order valence-corrected chi connectivity index (χ1v) is 15.2. The van der Waals surface area contributed by atoms with Crippen molar-refractivity contribution in [3.63, 3.8) is 0 Å². The summed E-state index contributed by atoms with van der Waals surface area (Å²) in [5.74, 6) is 0.854. The summed E-state index contributed by atoms with van der Waals surface area (Å²) < 4.78 is 13.0. The van der Waals surface area contributed by atoms with Gasteiger partial charge >= 0.3 is 0 Å². The van der Waals surface area contributed by atoms with Crippen molar-refractivity contribution in [2.45, 2.75) is 19.3 Å². The molecule has 1 N–H and O–H groups in total. The molecule has 0 saturated heterocycles. The smallest absolute Gasteiger partial charge is 0.143 e. The Balaban J connectivity index is 1.13. The van der Waals surface area contributed by atoms with Crippen LogP contribution in [0.25, 0.3) is 87.9 Å². The fourth-order valence-electron chi connectivity index (χ4n) is 7.06. The summed E-state index contributed by atoms with van der Waals surface area (Å²) in [6.07, 6.45) is 3.87. The molecule has 3 nitrogen and oxygen atoms in total. The summed E-state index contributed by atoms with van der Waals surface area (Å²) in [5.41, 5.74) is 11.9. The number of hydrogen-bond donors (Lipinski definition) is 1. The van der Waals surface area contributed by atoms with Crippen LogP contribution in [-0.2, 0) is 6.42 Å². The molecule has 9 aromatic rings. The minimum absolute atomic E-state index is 0.854. The zero-order valence-electron chi connectivity index (χ0n) is 23.5. The van der Waals surface area contributed by atoms with Gasteiger partial charge < -0.3 is 13.8 Å². The molecule has 0 atom stereocenters. The average Bonchev–Trinajstić information content (AvgIpc) is 3.50. The van der Waals surface area contributed by atoms with E-state index in [-0.39, 0.29) is 0 Å². The number of rotatable bonds is 4. The van der Waals surface area contributed by atoms with Crippen LogP contribution in [-0.4, -0.2) is 4.98 Å². The topological polar surface area (TPSA) is 42.1 Å². The van der Waals surface area contributed by atoms with Crippen molar-refractivity contribution in [1.29, 1.82) is 0 Å². The highest BCUT2D eigenvalue weighted by molar-refractivity contribution is 6.14. The van der Waals surface area contributed by atoms with Crippen LogP contribution >= 0.6 is 0 Å². The number of H-pyrrole nitrogens is 1. The molecule has 0 spiro atoms. The minimum Gasteiger partial charge on any atom is -0.455 e. The van der Waals surface area contributed by atoms with Crippen LogP contribution < -0.4 is 0 Å². The van der Waals surface area contributed by atoms with Gasteiger partial charge in [-0.25, -0.2) is 0 Å². The third kappa shape index (κ3) is 3.55. The lowest BCUT2D eigenvalue weighted by atomic mass is 9.98. The molecular weight excluding hydrogens is 526 g/mol. The standard InChI is InChI=1S/C40H27NO2/c1-2-10-37-29(5-1)31-8-3-6-27(39(31)42-37)25-14-17-35-33(21-25)34-22-26(15-18-36(34)41-35)28-7-4-9-32-30-16-13-24(19-23-11-12-23)20-38(30)43-40(28)32/h1-10,13-18,20-23,41H,11-12,19H2. The average molecular weight is 554 g/mol. The van der Waals surface area contributed by atoms with Gasteiger partial charge in [-0.05, 0) is 78.3 Å². The fourth-order valence-corrected chi connectivity index (χ4v) is 7.06. The highest BCUT2D eigenvalue weighted by Gasteiger charge is 2.22. The Bertz CT molecular complexity index is 2550. The Kier molecular flexibility index (Phi) is 4.67. The van der Waals surface area contributed by atoms with Gasteiger partial charge in [-0.1, -0.05) is 78.9 Å². The second-order valence-electron chi connectivity index (χ2n) is 12.2. The summed E-state index contributed by atoms with van der Waals surface area (Å²) in [4.78, 5) is 3.63. The van der Waals surface area contributed by atoms with E-state index in [0.29, 0.717) is 0 Å². The molecule has 6 aromatic carbocycles. The molecule has 1 fully saturated rings. The maximum atomic E-state index is 6.59. The van der Waals surface area contributed by atoms with E-state index in [1.807, 2.05) is 12.1 Å². The zero-order chi connectivity index (χ0) is 28.1. The van der Waals surface area contributed by atoms with Gasteiger partial charge in [-0.2, -0.15) is 0 Å². The van der Waals surface area contributed by atoms with Gasteiger partial charge in [0.2, 0.25) is 0 Å². The van der Waals surface area contributed by atoms with E-state index in [0.717, 1.165) is 78.7 Å². The van der Waals surface area contributed by atoms with E-state index < -0.39 is 0 Å². The van der Waals surface area contributed by atoms with E-state index in [1.165, 1.54) is 39.9 Å². The van der Waals surface area contributed by atoms with Gasteiger partial charge in [-0.15, -0.1) is 0 Å². The van der Waals surface area contributed by atoms with Crippen LogP contribution in [0.15, 0.2) is 124 Å². The number of aromatic amines is 1. The normalized spacial score (nSPS) is 13.9. The van der Waals surface area contributed by atoms with E-state index in [1.54, 1.807) is 0 Å². The van der Waals surface area contributed by atoms with Crippen LogP contribution in [0.5, 0.6) is 0 Å². The number of hydrogen-bond acceptors (Lipinski definition) is 2. The Labute approximate surface area is 247 Å². The Morgan fingerprint density at radius 2 is 1.12 bits per heavy atom. The van der Waals surface area contributed by atoms with Gasteiger partial charge in [-0.3, -0.25) is 0 Å². The molecule has 0 bridgehead atoms. The number of furan rings is 2. The quantitative estimate of drug-likeness (QED) is 0.235. The van der Waals surface area contributed by atoms with E-state index in [9.17, 15) is 0 Å². The fraction of sp³-hybridized carbons (Fsp3) is 0.100. The third-order valence-electron chi connectivity index (χ3n) is 9.41. The number of aromatic nitrogens is 1. The van der Waals surface area contributed by atoms with Crippen LogP contribution in [0.2, 0.25) is 0 Å². The second kappa shape index (κ2) is 8.62. The summed E-state index contributed by atoms with van der Waals surface area (Å²) in [6, 6.07) is 41.4. The molecule has 0 aliphatic heterocycles. The first-order valence-electron chi connectivity index (χ1n) is 15.2. The van der Waals surface area contributed by atoms with E-state index >= 15 is 0 Å². The summed E-state index contributed by atoms with van der Waals surface area (Å²) in [6.45, 7) is 0. The van der Waals surface area contributed by atoms with Crippen molar-refractivity contribution >= 4 is 65.7 Å². The lowest BCUT2D eigenvalue weighted by Gasteiger charge is -2.05. The van der Waals surface area contributed by atoms with Gasteiger partial charge in [0.25, 0.3) is 0 Å². The lowest BCUT2D eigenvalue weighted by molar-refractivity contribution is 0.668. The van der Waals surface area contributed by atoms with Gasteiger partial charge in [0, 0.05) is 54.5 Å². The van der Waals surface area contributed by atoms with Crippen LogP contribution in [0.3, 0.4) is 0 Å². The van der Waals surface area contributed by atoms with Crippen LogP contribution in [0.1, 0.15) is 18.4 Å². The Morgan fingerprint density at radius 3 is 1.79 bits per heavy atom. The molecule has 3 heterocycles. The molecule has 0 radical (unpaired) electrons. The van der Waals surface area contributed by atoms with Crippen LogP contribution in [0, 0.1) is 5.92 Å². The largest absolute Gasteiger partial charge is 0.455 e. The molecule has 43 heavy (non-hydrogen) atoms. The maximum absolute atomic E-state index is 6.59. The van der Waals surface area contributed by atoms with Gasteiger partial charge in [0.1, 0.15) is 22.3 Å². The first-order chi connectivity index (χ1) is 21.3. The number of benzene rings is 6. The van der Waals surface area contributed by atoms with Gasteiger partial charge in [0.15, 0.2) is 0 Å². The van der Waals surface area contributed by atoms with Crippen molar-refractivity contribution in [2.24, 2.45) is 5.92 Å². The highest BCUT2D eigenvalue weighted by atomic mass is 16.3. The molecule has 10 rings (SSSR count).